The monoisotopic (exact) mass is 491 g/mol. The average molecular weight is 492 g/mol. The summed E-state index contributed by atoms with van der Waals surface area (Å²) in [5, 5.41) is 0.370. The maximum absolute atomic E-state index is 6.36. The van der Waals surface area contributed by atoms with Crippen LogP contribution in [0.3, 0.4) is 0 Å². The molecule has 2 aromatic carbocycles. The molecule has 0 spiro atoms. The molecule has 0 radical (unpaired) electrons. The van der Waals surface area contributed by atoms with Crippen molar-refractivity contribution in [2.75, 3.05) is 44.8 Å². The number of hydrogen-bond donors (Lipinski definition) is 0. The van der Waals surface area contributed by atoms with Gasteiger partial charge < -0.3 is 18.6 Å². The van der Waals surface area contributed by atoms with E-state index in [2.05, 4.69) is 48.2 Å². The Labute approximate surface area is 203 Å². The van der Waals surface area contributed by atoms with Crippen LogP contribution in [0.4, 0.5) is 11.4 Å². The summed E-state index contributed by atoms with van der Waals surface area (Å²) in [6.07, 6.45) is 6.86. The number of rotatable bonds is 9. The zero-order valence-electron chi connectivity index (χ0n) is 20.5. The van der Waals surface area contributed by atoms with E-state index in [0.29, 0.717) is 11.8 Å². The van der Waals surface area contributed by atoms with Gasteiger partial charge in [-0.15, -0.1) is 10.3 Å². The highest BCUT2D eigenvalue weighted by Crippen LogP contribution is 2.53. The van der Waals surface area contributed by atoms with Crippen LogP contribution in [0.2, 0.25) is 5.15 Å². The number of aromatic nitrogens is 2. The van der Waals surface area contributed by atoms with Gasteiger partial charge in [-0.25, -0.2) is 4.98 Å². The minimum absolute atomic E-state index is 0.128. The fraction of sp³-hybridized carbons (Fsp3) is 0.440. The van der Waals surface area contributed by atoms with Crippen LogP contribution in [0.25, 0.3) is 11.0 Å². The third-order valence-corrected chi connectivity index (χ3v) is 9.72. The molecule has 33 heavy (non-hydrogen) atoms. The van der Waals surface area contributed by atoms with Gasteiger partial charge in [0.25, 0.3) is 0 Å². The first-order valence-corrected chi connectivity index (χ1v) is 13.6. The van der Waals surface area contributed by atoms with Gasteiger partial charge in [-0.1, -0.05) is 32.4 Å². The Bertz CT molecular complexity index is 1080. The second-order valence-electron chi connectivity index (χ2n) is 9.11. The predicted molar refractivity (Wildman–Crippen MR) is 141 cm³/mol. The highest BCUT2D eigenvalue weighted by Gasteiger charge is 2.28. The van der Waals surface area contributed by atoms with E-state index in [0.717, 1.165) is 46.9 Å². The summed E-state index contributed by atoms with van der Waals surface area (Å²) in [4.78, 5) is 11.0. The van der Waals surface area contributed by atoms with Gasteiger partial charge in [0, 0.05) is 40.9 Å². The van der Waals surface area contributed by atoms with Crippen molar-refractivity contribution < 1.29 is 13.7 Å². The number of fused-ring (bicyclic) bond motifs is 1. The van der Waals surface area contributed by atoms with E-state index in [-0.39, 0.29) is 4.75 Å². The van der Waals surface area contributed by atoms with E-state index in [4.69, 9.17) is 25.3 Å². The van der Waals surface area contributed by atoms with Gasteiger partial charge in [-0.05, 0) is 37.1 Å². The third-order valence-electron chi connectivity index (χ3n) is 5.83. The third kappa shape index (κ3) is 6.22. The van der Waals surface area contributed by atoms with Crippen molar-refractivity contribution in [1.29, 1.82) is 0 Å². The Balaban J connectivity index is 1.92. The van der Waals surface area contributed by atoms with Crippen molar-refractivity contribution in [3.8, 4) is 11.5 Å². The molecule has 0 aliphatic heterocycles. The van der Waals surface area contributed by atoms with Crippen LogP contribution in [0.1, 0.15) is 27.2 Å². The second kappa shape index (κ2) is 10.4. The lowest BCUT2D eigenvalue weighted by Gasteiger charge is -2.43. The summed E-state index contributed by atoms with van der Waals surface area (Å²) in [6.45, 7) is 8.13. The Morgan fingerprint density at radius 1 is 0.939 bits per heavy atom. The fourth-order valence-electron chi connectivity index (χ4n) is 3.17. The molecular weight excluding hydrogens is 458 g/mol. The molecule has 3 aromatic rings. The van der Waals surface area contributed by atoms with Gasteiger partial charge in [-0.3, -0.25) is 4.98 Å². The van der Waals surface area contributed by atoms with Crippen LogP contribution in [0.5, 0.6) is 11.5 Å². The van der Waals surface area contributed by atoms with Gasteiger partial charge in [0.15, 0.2) is 0 Å². The first-order chi connectivity index (χ1) is 15.5. The van der Waals surface area contributed by atoms with E-state index in [1.807, 2.05) is 36.4 Å². The Hall–Kier alpha value is -2.22. The van der Waals surface area contributed by atoms with Gasteiger partial charge in [0.2, 0.25) is 0 Å². The maximum Gasteiger partial charge on any atom is 0.148 e. The molecule has 0 amide bonds. The zero-order valence-corrected chi connectivity index (χ0v) is 22.1. The number of hydrogen-bond acceptors (Lipinski definition) is 6. The van der Waals surface area contributed by atoms with Gasteiger partial charge >= 0.3 is 0 Å². The molecular formula is C25H34ClN3O3S. The summed E-state index contributed by atoms with van der Waals surface area (Å²) in [7, 11) is 2.14. The summed E-state index contributed by atoms with van der Waals surface area (Å²) in [5.41, 5.74) is 3.49. The lowest BCUT2D eigenvalue weighted by atomic mass is 10.2. The number of halogens is 1. The minimum Gasteiger partial charge on any atom is -0.497 e. The van der Waals surface area contributed by atoms with Crippen molar-refractivity contribution in [3.63, 3.8) is 0 Å². The molecule has 0 saturated heterocycles. The molecule has 180 valence electrons. The van der Waals surface area contributed by atoms with Crippen molar-refractivity contribution in [1.82, 2.24) is 9.97 Å². The Morgan fingerprint density at radius 2 is 1.61 bits per heavy atom. The SMILES string of the molecule is COc1cc(OC)cc(N(CCCOS(C)(C)C(C)(C)C)c2ccc3ncc(Cl)nc3c2)c1. The highest BCUT2D eigenvalue weighted by atomic mass is 35.5. The molecule has 0 unspecified atom stereocenters. The number of benzene rings is 2. The van der Waals surface area contributed by atoms with Crippen LogP contribution in [0, 0.1) is 0 Å². The van der Waals surface area contributed by atoms with Gasteiger partial charge in [-0.2, -0.15) is 0 Å². The summed E-state index contributed by atoms with van der Waals surface area (Å²) < 4.78 is 17.5. The summed E-state index contributed by atoms with van der Waals surface area (Å²) >= 11 is 6.09. The van der Waals surface area contributed by atoms with E-state index >= 15 is 0 Å². The minimum atomic E-state index is -1.17. The molecule has 0 aliphatic rings. The van der Waals surface area contributed by atoms with Crippen molar-refractivity contribution >= 4 is 44.3 Å². The molecule has 6 nitrogen and oxygen atoms in total. The van der Waals surface area contributed by atoms with Crippen LogP contribution < -0.4 is 14.4 Å². The van der Waals surface area contributed by atoms with Crippen LogP contribution >= 0.6 is 21.9 Å². The van der Waals surface area contributed by atoms with E-state index in [1.54, 1.807) is 20.4 Å². The van der Waals surface area contributed by atoms with Crippen LogP contribution in [-0.2, 0) is 4.18 Å². The molecule has 1 heterocycles. The lowest BCUT2D eigenvalue weighted by Crippen LogP contribution is -2.26. The normalized spacial score (nSPS) is 12.6. The number of ether oxygens (including phenoxy) is 2. The number of nitrogens with zero attached hydrogens (tertiary/aromatic N) is 3. The molecule has 1 aromatic heterocycles. The average Bonchev–Trinajstić information content (AvgIpc) is 2.77. The van der Waals surface area contributed by atoms with Crippen molar-refractivity contribution in [3.05, 3.63) is 47.7 Å². The van der Waals surface area contributed by atoms with Crippen LogP contribution in [0.15, 0.2) is 42.6 Å². The van der Waals surface area contributed by atoms with E-state index < -0.39 is 10.3 Å². The first-order valence-electron chi connectivity index (χ1n) is 10.8. The first kappa shape index (κ1) is 25.4. The van der Waals surface area contributed by atoms with Crippen molar-refractivity contribution in [2.24, 2.45) is 0 Å². The largest absolute Gasteiger partial charge is 0.497 e. The Kier molecular flexibility index (Phi) is 7.98. The standard InChI is InChI=1S/C25H34ClN3O3S/c1-25(2,3)33(6,7)32-12-8-11-29(19-13-20(30-4)16-21(14-19)31-5)18-9-10-22-23(15-18)28-24(26)17-27-22/h9-10,13-17H,8,11-12H2,1-7H3. The Morgan fingerprint density at radius 3 is 2.21 bits per heavy atom. The maximum atomic E-state index is 6.36. The summed E-state index contributed by atoms with van der Waals surface area (Å²) in [5.74, 6) is 1.46. The second-order valence-corrected chi connectivity index (χ2v) is 13.4. The highest BCUT2D eigenvalue weighted by molar-refractivity contribution is 8.29. The molecule has 0 aliphatic carbocycles. The predicted octanol–water partition coefficient (Wildman–Crippen LogP) is 6.62. The van der Waals surface area contributed by atoms with Crippen molar-refractivity contribution in [2.45, 2.75) is 31.9 Å². The molecule has 0 atom stereocenters. The molecule has 0 N–H and O–H groups in total. The number of methoxy groups -OCH3 is 2. The number of anilines is 2. The molecule has 0 fully saturated rings. The summed E-state index contributed by atoms with van der Waals surface area (Å²) in [6, 6.07) is 11.9. The van der Waals surface area contributed by atoms with E-state index in [9.17, 15) is 0 Å². The quantitative estimate of drug-likeness (QED) is 0.313. The van der Waals surface area contributed by atoms with Gasteiger partial charge in [0.05, 0.1) is 38.1 Å². The smallest absolute Gasteiger partial charge is 0.148 e. The molecule has 8 heteroatoms. The zero-order chi connectivity index (χ0) is 24.2. The molecule has 0 saturated carbocycles. The van der Waals surface area contributed by atoms with Gasteiger partial charge in [0.1, 0.15) is 16.7 Å². The molecule has 3 rings (SSSR count). The van der Waals surface area contributed by atoms with E-state index in [1.165, 1.54) is 0 Å². The molecule has 0 bridgehead atoms. The lowest BCUT2D eigenvalue weighted by molar-refractivity contribution is 0.344. The topological polar surface area (TPSA) is 56.7 Å². The van der Waals surface area contributed by atoms with Crippen LogP contribution in [-0.4, -0.2) is 54.6 Å². The fourth-order valence-corrected chi connectivity index (χ4v) is 4.20.